The first-order valence-electron chi connectivity index (χ1n) is 5.06. The molecule has 2 atom stereocenters. The third kappa shape index (κ3) is 1.97. The zero-order chi connectivity index (χ0) is 10.8. The SMILES string of the molecule is C=CC(O)C1CCc2ccc(N)cc2O1. The van der Waals surface area contributed by atoms with Crippen molar-refractivity contribution in [2.45, 2.75) is 25.0 Å². The summed E-state index contributed by atoms with van der Waals surface area (Å²) in [4.78, 5) is 0. The number of nitrogens with two attached hydrogens (primary N) is 1. The molecular formula is C12H15NO2. The molecule has 0 bridgehead atoms. The average molecular weight is 205 g/mol. The van der Waals surface area contributed by atoms with Crippen LogP contribution in [0.3, 0.4) is 0 Å². The van der Waals surface area contributed by atoms with Gasteiger partial charge in [0.1, 0.15) is 18.0 Å². The average Bonchev–Trinajstić information content (AvgIpc) is 2.27. The van der Waals surface area contributed by atoms with Crippen LogP contribution in [-0.2, 0) is 6.42 Å². The highest BCUT2D eigenvalue weighted by Gasteiger charge is 2.24. The molecule has 1 heterocycles. The molecule has 3 heteroatoms. The lowest BCUT2D eigenvalue weighted by Gasteiger charge is -2.28. The predicted octanol–water partition coefficient (Wildman–Crippen LogP) is 1.51. The summed E-state index contributed by atoms with van der Waals surface area (Å²) in [6.07, 6.45) is 2.41. The fourth-order valence-electron chi connectivity index (χ4n) is 1.80. The summed E-state index contributed by atoms with van der Waals surface area (Å²) >= 11 is 0. The molecule has 2 rings (SSSR count). The Morgan fingerprint density at radius 3 is 3.13 bits per heavy atom. The Morgan fingerprint density at radius 2 is 2.40 bits per heavy atom. The molecule has 0 fully saturated rings. The van der Waals surface area contributed by atoms with Gasteiger partial charge in [-0.05, 0) is 24.5 Å². The summed E-state index contributed by atoms with van der Waals surface area (Å²) in [5.41, 5.74) is 7.51. The van der Waals surface area contributed by atoms with Crippen molar-refractivity contribution >= 4 is 5.69 Å². The molecule has 1 aliphatic rings. The Labute approximate surface area is 89.2 Å². The molecule has 0 amide bonds. The van der Waals surface area contributed by atoms with E-state index in [1.54, 1.807) is 6.07 Å². The van der Waals surface area contributed by atoms with Crippen LogP contribution in [0.1, 0.15) is 12.0 Å². The lowest BCUT2D eigenvalue weighted by atomic mass is 9.99. The van der Waals surface area contributed by atoms with Crippen molar-refractivity contribution in [1.82, 2.24) is 0 Å². The maximum Gasteiger partial charge on any atom is 0.128 e. The van der Waals surface area contributed by atoms with Gasteiger partial charge in [0.2, 0.25) is 0 Å². The number of rotatable bonds is 2. The number of nitrogen functional groups attached to an aromatic ring is 1. The van der Waals surface area contributed by atoms with E-state index in [0.717, 1.165) is 24.2 Å². The van der Waals surface area contributed by atoms with Crippen molar-refractivity contribution in [1.29, 1.82) is 0 Å². The number of fused-ring (bicyclic) bond motifs is 1. The minimum absolute atomic E-state index is 0.197. The number of aryl methyl sites for hydroxylation is 1. The van der Waals surface area contributed by atoms with E-state index in [-0.39, 0.29) is 6.10 Å². The monoisotopic (exact) mass is 205 g/mol. The summed E-state index contributed by atoms with van der Waals surface area (Å²) in [7, 11) is 0. The summed E-state index contributed by atoms with van der Waals surface area (Å²) in [5.74, 6) is 0.784. The third-order valence-electron chi connectivity index (χ3n) is 2.69. The fourth-order valence-corrected chi connectivity index (χ4v) is 1.80. The molecule has 0 radical (unpaired) electrons. The molecule has 0 saturated carbocycles. The fraction of sp³-hybridized carbons (Fsp3) is 0.333. The van der Waals surface area contributed by atoms with Gasteiger partial charge in [-0.3, -0.25) is 0 Å². The van der Waals surface area contributed by atoms with Gasteiger partial charge in [0, 0.05) is 11.8 Å². The van der Waals surface area contributed by atoms with Crippen LogP contribution < -0.4 is 10.5 Å². The van der Waals surface area contributed by atoms with E-state index in [2.05, 4.69) is 6.58 Å². The molecule has 3 nitrogen and oxygen atoms in total. The van der Waals surface area contributed by atoms with Crippen LogP contribution in [-0.4, -0.2) is 17.3 Å². The maximum atomic E-state index is 9.60. The summed E-state index contributed by atoms with van der Waals surface area (Å²) < 4.78 is 5.66. The highest BCUT2D eigenvalue weighted by Crippen LogP contribution is 2.30. The number of hydrogen-bond donors (Lipinski definition) is 2. The second kappa shape index (κ2) is 3.95. The van der Waals surface area contributed by atoms with Gasteiger partial charge in [-0.2, -0.15) is 0 Å². The van der Waals surface area contributed by atoms with Crippen LogP contribution in [0, 0.1) is 0 Å². The molecule has 3 N–H and O–H groups in total. The minimum atomic E-state index is -0.611. The Balaban J connectivity index is 2.21. The van der Waals surface area contributed by atoms with Crippen LogP contribution in [0.15, 0.2) is 30.9 Å². The van der Waals surface area contributed by atoms with E-state index in [1.807, 2.05) is 12.1 Å². The molecule has 0 aromatic heterocycles. The van der Waals surface area contributed by atoms with Gasteiger partial charge in [0.05, 0.1) is 0 Å². The van der Waals surface area contributed by atoms with Gasteiger partial charge in [-0.15, -0.1) is 6.58 Å². The lowest BCUT2D eigenvalue weighted by molar-refractivity contribution is 0.0530. The highest BCUT2D eigenvalue weighted by atomic mass is 16.5. The lowest BCUT2D eigenvalue weighted by Crippen LogP contribution is -2.33. The Bertz CT molecular complexity index is 376. The van der Waals surface area contributed by atoms with E-state index in [0.29, 0.717) is 5.69 Å². The zero-order valence-electron chi connectivity index (χ0n) is 8.52. The van der Waals surface area contributed by atoms with Gasteiger partial charge < -0.3 is 15.6 Å². The minimum Gasteiger partial charge on any atom is -0.487 e. The van der Waals surface area contributed by atoms with E-state index in [9.17, 15) is 5.11 Å². The molecule has 1 aromatic carbocycles. The molecule has 80 valence electrons. The van der Waals surface area contributed by atoms with Crippen LogP contribution in [0.25, 0.3) is 0 Å². The topological polar surface area (TPSA) is 55.5 Å². The third-order valence-corrected chi connectivity index (χ3v) is 2.69. The van der Waals surface area contributed by atoms with E-state index < -0.39 is 6.10 Å². The van der Waals surface area contributed by atoms with Crippen LogP contribution in [0.5, 0.6) is 5.75 Å². The van der Waals surface area contributed by atoms with Crippen LogP contribution >= 0.6 is 0 Å². The Hall–Kier alpha value is -1.48. The van der Waals surface area contributed by atoms with Gasteiger partial charge in [0.15, 0.2) is 0 Å². The molecule has 2 unspecified atom stereocenters. The van der Waals surface area contributed by atoms with Crippen LogP contribution in [0.2, 0.25) is 0 Å². The van der Waals surface area contributed by atoms with Gasteiger partial charge in [-0.25, -0.2) is 0 Å². The van der Waals surface area contributed by atoms with E-state index >= 15 is 0 Å². The number of anilines is 1. The van der Waals surface area contributed by atoms with Crippen molar-refractivity contribution in [2.75, 3.05) is 5.73 Å². The summed E-state index contributed by atoms with van der Waals surface area (Å²) in [6, 6.07) is 5.64. The van der Waals surface area contributed by atoms with Crippen molar-refractivity contribution in [2.24, 2.45) is 0 Å². The van der Waals surface area contributed by atoms with E-state index in [1.165, 1.54) is 6.08 Å². The van der Waals surface area contributed by atoms with Crippen molar-refractivity contribution in [3.63, 3.8) is 0 Å². The molecule has 0 aliphatic carbocycles. The zero-order valence-corrected chi connectivity index (χ0v) is 8.52. The molecular weight excluding hydrogens is 190 g/mol. The second-order valence-electron chi connectivity index (χ2n) is 3.79. The molecule has 0 saturated heterocycles. The molecule has 0 spiro atoms. The first-order valence-corrected chi connectivity index (χ1v) is 5.06. The van der Waals surface area contributed by atoms with E-state index in [4.69, 9.17) is 10.5 Å². The second-order valence-corrected chi connectivity index (χ2v) is 3.79. The summed E-state index contributed by atoms with van der Waals surface area (Å²) in [6.45, 7) is 3.55. The number of aliphatic hydroxyl groups excluding tert-OH is 1. The molecule has 15 heavy (non-hydrogen) atoms. The smallest absolute Gasteiger partial charge is 0.128 e. The number of benzene rings is 1. The van der Waals surface area contributed by atoms with Crippen LogP contribution in [0.4, 0.5) is 5.69 Å². The molecule has 1 aromatic rings. The van der Waals surface area contributed by atoms with Gasteiger partial charge in [0.25, 0.3) is 0 Å². The quantitative estimate of drug-likeness (QED) is 0.568. The Kier molecular flexibility index (Phi) is 2.64. The summed E-state index contributed by atoms with van der Waals surface area (Å²) in [5, 5.41) is 9.60. The molecule has 1 aliphatic heterocycles. The standard InChI is InChI=1S/C12H15NO2/c1-2-10(14)11-6-4-8-3-5-9(13)7-12(8)15-11/h2-3,5,7,10-11,14H,1,4,6,13H2. The van der Waals surface area contributed by atoms with Crippen molar-refractivity contribution in [3.05, 3.63) is 36.4 Å². The largest absolute Gasteiger partial charge is 0.487 e. The van der Waals surface area contributed by atoms with Crippen molar-refractivity contribution in [3.8, 4) is 5.75 Å². The first kappa shape index (κ1) is 10.1. The first-order chi connectivity index (χ1) is 7.20. The number of aliphatic hydroxyl groups is 1. The van der Waals surface area contributed by atoms with Crippen molar-refractivity contribution < 1.29 is 9.84 Å². The highest BCUT2D eigenvalue weighted by molar-refractivity contribution is 5.49. The Morgan fingerprint density at radius 1 is 1.60 bits per heavy atom. The number of ether oxygens (including phenoxy) is 1. The maximum absolute atomic E-state index is 9.60. The van der Waals surface area contributed by atoms with Gasteiger partial charge >= 0.3 is 0 Å². The predicted molar refractivity (Wildman–Crippen MR) is 59.8 cm³/mol. The van der Waals surface area contributed by atoms with Gasteiger partial charge in [-0.1, -0.05) is 12.1 Å². The number of hydrogen-bond acceptors (Lipinski definition) is 3. The normalized spacial score (nSPS) is 21.3.